The molecule has 0 saturated carbocycles. The van der Waals surface area contributed by atoms with E-state index in [1.165, 1.54) is 54.0 Å². The minimum atomic E-state index is -3.66. The first kappa shape index (κ1) is 18.5. The van der Waals surface area contributed by atoms with Gasteiger partial charge in [0.15, 0.2) is 0 Å². The molecular weight excluding hydrogens is 366 g/mol. The summed E-state index contributed by atoms with van der Waals surface area (Å²) < 4.78 is 36.7. The zero-order chi connectivity index (χ0) is 19.3. The van der Waals surface area contributed by atoms with Crippen molar-refractivity contribution in [1.82, 2.24) is 0 Å². The van der Waals surface area contributed by atoms with Crippen LogP contribution in [0.3, 0.4) is 0 Å². The van der Waals surface area contributed by atoms with Gasteiger partial charge in [-0.2, -0.15) is 0 Å². The number of rotatable bonds is 6. The maximum Gasteiger partial charge on any atom is 0.336 e. The molecule has 138 valence electrons. The van der Waals surface area contributed by atoms with Crippen molar-refractivity contribution in [2.24, 2.45) is 0 Å². The zero-order valence-electron chi connectivity index (χ0n) is 14.5. The number of anilines is 1. The molecule has 27 heavy (non-hydrogen) atoms. The van der Waals surface area contributed by atoms with Crippen molar-refractivity contribution in [3.63, 3.8) is 0 Å². The summed E-state index contributed by atoms with van der Waals surface area (Å²) >= 11 is 0. The molecule has 1 heterocycles. The maximum atomic E-state index is 12.6. The van der Waals surface area contributed by atoms with Gasteiger partial charge in [-0.3, -0.25) is 4.31 Å². The minimum Gasteiger partial charge on any atom is -0.465 e. The molecule has 0 atom stereocenters. The van der Waals surface area contributed by atoms with Gasteiger partial charge >= 0.3 is 5.97 Å². The largest absolute Gasteiger partial charge is 0.465 e. The lowest BCUT2D eigenvalue weighted by molar-refractivity contribution is -0.128. The fourth-order valence-electron chi connectivity index (χ4n) is 2.30. The number of hydrogen-bond donors (Lipinski definition) is 0. The molecule has 3 rings (SSSR count). The number of furan rings is 1. The van der Waals surface area contributed by atoms with Crippen molar-refractivity contribution in [2.45, 2.75) is 4.90 Å². The van der Waals surface area contributed by atoms with E-state index in [2.05, 4.69) is 0 Å². The van der Waals surface area contributed by atoms with Crippen LogP contribution in [0, 0.1) is 0 Å². The summed E-state index contributed by atoms with van der Waals surface area (Å²) in [6, 6.07) is 17.8. The topological polar surface area (TPSA) is 76.8 Å². The Balaban J connectivity index is 1.69. The van der Waals surface area contributed by atoms with Crippen LogP contribution >= 0.6 is 0 Å². The molecule has 7 heteroatoms. The van der Waals surface area contributed by atoms with Gasteiger partial charge in [-0.15, -0.1) is 0 Å². The average Bonchev–Trinajstić information content (AvgIpc) is 3.21. The lowest BCUT2D eigenvalue weighted by Crippen LogP contribution is -2.26. The van der Waals surface area contributed by atoms with Crippen LogP contribution in [-0.2, 0) is 14.8 Å². The van der Waals surface area contributed by atoms with E-state index in [0.29, 0.717) is 17.2 Å². The molecule has 0 N–H and O–H groups in total. The number of esters is 1. The molecule has 0 aliphatic rings. The van der Waals surface area contributed by atoms with Crippen molar-refractivity contribution >= 4 is 27.8 Å². The van der Waals surface area contributed by atoms with Gasteiger partial charge in [0, 0.05) is 13.1 Å². The Hall–Kier alpha value is -3.32. The third-order valence-corrected chi connectivity index (χ3v) is 5.55. The normalized spacial score (nSPS) is 11.4. The van der Waals surface area contributed by atoms with Gasteiger partial charge in [0.1, 0.15) is 11.5 Å². The van der Waals surface area contributed by atoms with Gasteiger partial charge in [0.05, 0.1) is 16.8 Å². The highest BCUT2D eigenvalue weighted by atomic mass is 32.2. The summed E-state index contributed by atoms with van der Waals surface area (Å²) in [5.74, 6) is 0.276. The second kappa shape index (κ2) is 7.92. The first-order valence-electron chi connectivity index (χ1n) is 8.04. The molecule has 0 aliphatic heterocycles. The molecule has 0 bridgehead atoms. The van der Waals surface area contributed by atoms with Crippen molar-refractivity contribution in [3.8, 4) is 5.75 Å². The van der Waals surface area contributed by atoms with Gasteiger partial charge in [0.2, 0.25) is 0 Å². The van der Waals surface area contributed by atoms with E-state index >= 15 is 0 Å². The van der Waals surface area contributed by atoms with Crippen LogP contribution in [0.15, 0.2) is 88.4 Å². The predicted molar refractivity (Wildman–Crippen MR) is 102 cm³/mol. The number of carbonyl (C=O) groups excluding carboxylic acids is 1. The Labute approximate surface area is 157 Å². The predicted octanol–water partition coefficient (Wildman–Crippen LogP) is 3.72. The molecule has 6 nitrogen and oxygen atoms in total. The molecule has 0 aliphatic carbocycles. The molecule has 3 aromatic rings. The van der Waals surface area contributed by atoms with E-state index in [0.717, 1.165) is 0 Å². The fourth-order valence-corrected chi connectivity index (χ4v) is 3.52. The monoisotopic (exact) mass is 383 g/mol. The van der Waals surface area contributed by atoms with Gasteiger partial charge in [0.25, 0.3) is 10.0 Å². The van der Waals surface area contributed by atoms with E-state index in [4.69, 9.17) is 9.15 Å². The summed E-state index contributed by atoms with van der Waals surface area (Å²) in [4.78, 5) is 12.0. The summed E-state index contributed by atoms with van der Waals surface area (Å²) in [6.07, 6.45) is 4.25. The maximum absolute atomic E-state index is 12.6. The molecule has 0 saturated heterocycles. The van der Waals surface area contributed by atoms with E-state index in [9.17, 15) is 13.2 Å². The van der Waals surface area contributed by atoms with Crippen LogP contribution < -0.4 is 9.04 Å². The number of ether oxygens (including phenoxy) is 1. The van der Waals surface area contributed by atoms with Crippen molar-refractivity contribution in [1.29, 1.82) is 0 Å². The first-order chi connectivity index (χ1) is 13.0. The van der Waals surface area contributed by atoms with E-state index in [1.54, 1.807) is 42.5 Å². The fraction of sp³-hybridized carbons (Fsp3) is 0.0500. The zero-order valence-corrected chi connectivity index (χ0v) is 15.3. The summed E-state index contributed by atoms with van der Waals surface area (Å²) in [7, 11) is -2.19. The summed E-state index contributed by atoms with van der Waals surface area (Å²) in [5.41, 5.74) is 0.449. The second-order valence-corrected chi connectivity index (χ2v) is 7.52. The molecular formula is C20H17NO5S. The summed E-state index contributed by atoms with van der Waals surface area (Å²) in [6.45, 7) is 0. The standard InChI is InChI=1S/C20H17NO5S/c1-21(27(23,24)19-7-3-2-4-8-19)16-9-11-18(12-10-16)26-20(22)14-13-17-6-5-15-25-17/h2-15H,1H3/b14-13+. The van der Waals surface area contributed by atoms with Crippen LogP contribution in [0.1, 0.15) is 5.76 Å². The highest BCUT2D eigenvalue weighted by Crippen LogP contribution is 2.24. The Kier molecular flexibility index (Phi) is 5.42. The number of sulfonamides is 1. The lowest BCUT2D eigenvalue weighted by Gasteiger charge is -2.19. The van der Waals surface area contributed by atoms with Crippen LogP contribution in [0.5, 0.6) is 5.75 Å². The molecule has 0 spiro atoms. The number of hydrogen-bond acceptors (Lipinski definition) is 5. The Morgan fingerprint density at radius 1 is 1.00 bits per heavy atom. The minimum absolute atomic E-state index is 0.200. The van der Waals surface area contributed by atoms with Crippen molar-refractivity contribution < 1.29 is 22.4 Å². The average molecular weight is 383 g/mol. The second-order valence-electron chi connectivity index (χ2n) is 5.55. The number of nitrogens with zero attached hydrogens (tertiary/aromatic N) is 1. The number of benzene rings is 2. The third kappa shape index (κ3) is 4.45. The molecule has 0 unspecified atom stereocenters. The van der Waals surface area contributed by atoms with E-state index in [1.807, 2.05) is 0 Å². The molecule has 1 aromatic heterocycles. The third-order valence-electron chi connectivity index (χ3n) is 3.75. The Bertz CT molecular complexity index is 1020. The Morgan fingerprint density at radius 3 is 2.33 bits per heavy atom. The highest BCUT2D eigenvalue weighted by molar-refractivity contribution is 7.92. The quantitative estimate of drug-likeness (QED) is 0.368. The summed E-state index contributed by atoms with van der Waals surface area (Å²) in [5, 5.41) is 0. The van der Waals surface area contributed by atoms with Gasteiger partial charge in [-0.25, -0.2) is 13.2 Å². The highest BCUT2D eigenvalue weighted by Gasteiger charge is 2.20. The van der Waals surface area contributed by atoms with Gasteiger partial charge < -0.3 is 9.15 Å². The smallest absolute Gasteiger partial charge is 0.336 e. The molecule has 0 fully saturated rings. The first-order valence-corrected chi connectivity index (χ1v) is 9.48. The van der Waals surface area contributed by atoms with Crippen LogP contribution in [0.25, 0.3) is 6.08 Å². The van der Waals surface area contributed by atoms with Crippen LogP contribution in [-0.4, -0.2) is 21.4 Å². The molecule has 0 radical (unpaired) electrons. The van der Waals surface area contributed by atoms with E-state index < -0.39 is 16.0 Å². The molecule has 0 amide bonds. The SMILES string of the molecule is CN(c1ccc(OC(=O)/C=C/c2ccco2)cc1)S(=O)(=O)c1ccccc1. The van der Waals surface area contributed by atoms with Crippen molar-refractivity contribution in [3.05, 3.63) is 84.8 Å². The lowest BCUT2D eigenvalue weighted by atomic mass is 10.3. The van der Waals surface area contributed by atoms with Crippen molar-refractivity contribution in [2.75, 3.05) is 11.4 Å². The van der Waals surface area contributed by atoms with Crippen LogP contribution in [0.2, 0.25) is 0 Å². The van der Waals surface area contributed by atoms with Crippen LogP contribution in [0.4, 0.5) is 5.69 Å². The molecule has 2 aromatic carbocycles. The Morgan fingerprint density at radius 2 is 1.70 bits per heavy atom. The number of carbonyl (C=O) groups is 1. The van der Waals surface area contributed by atoms with Gasteiger partial charge in [-0.1, -0.05) is 18.2 Å². The van der Waals surface area contributed by atoms with Gasteiger partial charge in [-0.05, 0) is 54.6 Å². The van der Waals surface area contributed by atoms with E-state index in [-0.39, 0.29) is 4.90 Å².